The van der Waals surface area contributed by atoms with Crippen molar-refractivity contribution in [2.75, 3.05) is 0 Å². The highest BCUT2D eigenvalue weighted by Gasteiger charge is 2.20. The fourth-order valence-corrected chi connectivity index (χ4v) is 4.36. The predicted octanol–water partition coefficient (Wildman–Crippen LogP) is 6.27. The molecular weight excluding hydrogens is 256 g/mol. The van der Waals surface area contributed by atoms with Gasteiger partial charge < -0.3 is 5.11 Å². The van der Waals surface area contributed by atoms with Gasteiger partial charge in [-0.3, -0.25) is 0 Å². The molecule has 2 aliphatic rings. The Balaban J connectivity index is 1.79. The van der Waals surface area contributed by atoms with Crippen LogP contribution in [0.2, 0.25) is 0 Å². The van der Waals surface area contributed by atoms with E-state index in [9.17, 15) is 5.11 Å². The van der Waals surface area contributed by atoms with E-state index in [1.165, 1.54) is 88.2 Å². The number of benzene rings is 1. The number of hydrogen-bond acceptors (Lipinski definition) is 1. The van der Waals surface area contributed by atoms with E-state index in [0.29, 0.717) is 11.7 Å². The second-order valence-corrected chi connectivity index (χ2v) is 7.20. The number of hydrogen-bond donors (Lipinski definition) is 1. The first kappa shape index (κ1) is 14.9. The van der Waals surface area contributed by atoms with Crippen LogP contribution in [0.4, 0.5) is 0 Å². The van der Waals surface area contributed by atoms with Crippen molar-refractivity contribution in [3.05, 3.63) is 29.3 Å². The van der Waals surface area contributed by atoms with Crippen LogP contribution in [0.15, 0.2) is 18.2 Å². The highest BCUT2D eigenvalue weighted by Crippen LogP contribution is 2.39. The molecule has 1 nitrogen and oxygen atoms in total. The first-order valence-corrected chi connectivity index (χ1v) is 9.17. The molecule has 116 valence electrons. The summed E-state index contributed by atoms with van der Waals surface area (Å²) in [5.41, 5.74) is 2.74. The van der Waals surface area contributed by atoms with Gasteiger partial charge in [0.05, 0.1) is 0 Å². The summed E-state index contributed by atoms with van der Waals surface area (Å²) in [4.78, 5) is 0. The zero-order chi connectivity index (χ0) is 14.5. The molecule has 1 aromatic carbocycles. The summed E-state index contributed by atoms with van der Waals surface area (Å²) in [6.45, 7) is 0. The average molecular weight is 286 g/mol. The molecule has 0 heterocycles. The lowest BCUT2D eigenvalue weighted by Gasteiger charge is -2.25. The fraction of sp³-hybridized carbons (Fsp3) is 0.700. The Morgan fingerprint density at radius 1 is 0.667 bits per heavy atom. The number of phenols is 1. The molecule has 2 fully saturated rings. The summed E-state index contributed by atoms with van der Waals surface area (Å²) >= 11 is 0. The van der Waals surface area contributed by atoms with Crippen LogP contribution in [0.25, 0.3) is 0 Å². The van der Waals surface area contributed by atoms with Gasteiger partial charge in [0.2, 0.25) is 0 Å². The highest BCUT2D eigenvalue weighted by atomic mass is 16.3. The van der Waals surface area contributed by atoms with Crippen LogP contribution >= 0.6 is 0 Å². The van der Waals surface area contributed by atoms with Crippen LogP contribution < -0.4 is 0 Å². The summed E-state index contributed by atoms with van der Waals surface area (Å²) < 4.78 is 0. The summed E-state index contributed by atoms with van der Waals surface area (Å²) in [5, 5.41) is 10.3. The van der Waals surface area contributed by atoms with Gasteiger partial charge in [0.25, 0.3) is 0 Å². The van der Waals surface area contributed by atoms with Crippen molar-refractivity contribution in [3.8, 4) is 5.75 Å². The zero-order valence-corrected chi connectivity index (χ0v) is 13.3. The molecule has 2 aliphatic carbocycles. The van der Waals surface area contributed by atoms with Gasteiger partial charge in [-0.15, -0.1) is 0 Å². The van der Waals surface area contributed by atoms with E-state index in [4.69, 9.17) is 0 Å². The maximum Gasteiger partial charge on any atom is 0.119 e. The van der Waals surface area contributed by atoms with Crippen LogP contribution in [0, 0.1) is 0 Å². The monoisotopic (exact) mass is 286 g/mol. The third kappa shape index (κ3) is 3.81. The topological polar surface area (TPSA) is 20.2 Å². The minimum absolute atomic E-state index is 0.542. The van der Waals surface area contributed by atoms with Gasteiger partial charge in [-0.1, -0.05) is 63.5 Å². The molecule has 1 heteroatoms. The standard InChI is InChI=1S/C20H30O/c21-20-14-13-18(16-9-7-4-8-10-16)15-19(20)17-11-5-2-1-3-6-12-17/h13-17,21H,1-12H2. The molecule has 0 aromatic heterocycles. The SMILES string of the molecule is Oc1ccc(C2CCCCC2)cc1C1CCCCCCC1. The van der Waals surface area contributed by atoms with Crippen LogP contribution in [-0.2, 0) is 0 Å². The summed E-state index contributed by atoms with van der Waals surface area (Å²) in [5.74, 6) is 1.88. The van der Waals surface area contributed by atoms with Crippen molar-refractivity contribution >= 4 is 0 Å². The van der Waals surface area contributed by atoms with Gasteiger partial charge in [-0.05, 0) is 54.7 Å². The smallest absolute Gasteiger partial charge is 0.119 e. The fourth-order valence-electron chi connectivity index (χ4n) is 4.36. The maximum absolute atomic E-state index is 10.3. The van der Waals surface area contributed by atoms with E-state index in [1.54, 1.807) is 0 Å². The largest absolute Gasteiger partial charge is 0.508 e. The average Bonchev–Trinajstić information content (AvgIpc) is 2.49. The molecule has 0 atom stereocenters. The number of phenolic OH excluding ortho intramolecular Hbond substituents is 1. The quantitative estimate of drug-likeness (QED) is 0.679. The molecule has 3 rings (SSSR count). The van der Waals surface area contributed by atoms with Crippen molar-refractivity contribution in [3.63, 3.8) is 0 Å². The van der Waals surface area contributed by atoms with Gasteiger partial charge in [-0.25, -0.2) is 0 Å². The second-order valence-electron chi connectivity index (χ2n) is 7.20. The van der Waals surface area contributed by atoms with Crippen molar-refractivity contribution in [2.45, 2.75) is 88.9 Å². The molecule has 0 saturated heterocycles. The molecule has 0 bridgehead atoms. The first-order chi connectivity index (χ1) is 10.3. The van der Waals surface area contributed by atoms with E-state index in [0.717, 1.165) is 5.92 Å². The Morgan fingerprint density at radius 3 is 1.86 bits per heavy atom. The number of rotatable bonds is 2. The Hall–Kier alpha value is -0.980. The Bertz CT molecular complexity index is 437. The van der Waals surface area contributed by atoms with Gasteiger partial charge in [0.1, 0.15) is 5.75 Å². The molecule has 1 aromatic rings. The van der Waals surface area contributed by atoms with Gasteiger partial charge >= 0.3 is 0 Å². The van der Waals surface area contributed by atoms with Crippen molar-refractivity contribution in [1.82, 2.24) is 0 Å². The number of aromatic hydroxyl groups is 1. The maximum atomic E-state index is 10.3. The van der Waals surface area contributed by atoms with Gasteiger partial charge in [0, 0.05) is 0 Å². The van der Waals surface area contributed by atoms with Crippen molar-refractivity contribution < 1.29 is 5.11 Å². The van der Waals surface area contributed by atoms with E-state index in [2.05, 4.69) is 12.1 Å². The van der Waals surface area contributed by atoms with Crippen molar-refractivity contribution in [2.24, 2.45) is 0 Å². The molecule has 2 saturated carbocycles. The molecule has 21 heavy (non-hydrogen) atoms. The summed E-state index contributed by atoms with van der Waals surface area (Å²) in [6, 6.07) is 6.51. The minimum atomic E-state index is 0.542. The van der Waals surface area contributed by atoms with Gasteiger partial charge in [0.15, 0.2) is 0 Å². The van der Waals surface area contributed by atoms with E-state index >= 15 is 0 Å². The van der Waals surface area contributed by atoms with Crippen LogP contribution in [-0.4, -0.2) is 5.11 Å². The van der Waals surface area contributed by atoms with Crippen LogP contribution in [0.1, 0.15) is 100 Å². The third-order valence-electron chi connectivity index (χ3n) is 5.67. The second kappa shape index (κ2) is 7.33. The van der Waals surface area contributed by atoms with E-state index in [1.807, 2.05) is 6.07 Å². The molecular formula is C20H30O. The lowest BCUT2D eigenvalue weighted by molar-refractivity contribution is 0.419. The van der Waals surface area contributed by atoms with Crippen LogP contribution in [0.5, 0.6) is 5.75 Å². The highest BCUT2D eigenvalue weighted by molar-refractivity contribution is 5.40. The lowest BCUT2D eigenvalue weighted by Crippen LogP contribution is -2.07. The first-order valence-electron chi connectivity index (χ1n) is 9.17. The molecule has 0 unspecified atom stereocenters. The van der Waals surface area contributed by atoms with Crippen LogP contribution in [0.3, 0.4) is 0 Å². The molecule has 0 aliphatic heterocycles. The lowest BCUT2D eigenvalue weighted by atomic mass is 9.80. The van der Waals surface area contributed by atoms with E-state index < -0.39 is 0 Å². The molecule has 1 N–H and O–H groups in total. The summed E-state index contributed by atoms with van der Waals surface area (Å²) in [7, 11) is 0. The minimum Gasteiger partial charge on any atom is -0.508 e. The van der Waals surface area contributed by atoms with Crippen molar-refractivity contribution in [1.29, 1.82) is 0 Å². The summed E-state index contributed by atoms with van der Waals surface area (Å²) in [6.07, 6.45) is 16.2. The molecule has 0 amide bonds. The van der Waals surface area contributed by atoms with E-state index in [-0.39, 0.29) is 0 Å². The Kier molecular flexibility index (Phi) is 5.22. The van der Waals surface area contributed by atoms with Gasteiger partial charge in [-0.2, -0.15) is 0 Å². The molecule has 0 radical (unpaired) electrons. The zero-order valence-electron chi connectivity index (χ0n) is 13.3. The normalized spacial score (nSPS) is 22.7. The Morgan fingerprint density at radius 2 is 1.19 bits per heavy atom. The third-order valence-corrected chi connectivity index (χ3v) is 5.67. The Labute approximate surface area is 129 Å². The predicted molar refractivity (Wildman–Crippen MR) is 89.0 cm³/mol. The molecule has 0 spiro atoms.